The Kier molecular flexibility index (Phi) is 3.27. The highest BCUT2D eigenvalue weighted by atomic mass is 19.4. The van der Waals surface area contributed by atoms with Crippen LogP contribution in [0.15, 0.2) is 0 Å². The minimum Gasteiger partial charge on any atom is -0.481 e. The molecule has 0 aliphatic rings. The van der Waals surface area contributed by atoms with E-state index in [-0.39, 0.29) is 6.41 Å². The first-order valence-corrected chi connectivity index (χ1v) is 3.23. The van der Waals surface area contributed by atoms with Crippen LogP contribution in [0.5, 0.6) is 0 Å². The Balaban J connectivity index is 4.72. The summed E-state index contributed by atoms with van der Waals surface area (Å²) in [4.78, 5) is 19.9. The van der Waals surface area contributed by atoms with E-state index in [1.54, 1.807) is 0 Å². The zero-order chi connectivity index (χ0) is 10.7. The molecule has 0 saturated heterocycles. The van der Waals surface area contributed by atoms with E-state index >= 15 is 0 Å². The fourth-order valence-corrected chi connectivity index (χ4v) is 0.666. The number of carbonyl (C=O) groups is 2. The van der Waals surface area contributed by atoms with Crippen LogP contribution in [-0.2, 0) is 9.59 Å². The first-order chi connectivity index (χ1) is 5.73. The van der Waals surface area contributed by atoms with Crippen LogP contribution in [-0.4, -0.2) is 29.2 Å². The molecule has 0 saturated carbocycles. The molecule has 1 unspecified atom stereocenters. The van der Waals surface area contributed by atoms with Gasteiger partial charge in [0.1, 0.15) is 5.54 Å². The lowest BCUT2D eigenvalue weighted by atomic mass is 9.97. The second-order valence-corrected chi connectivity index (χ2v) is 2.66. The summed E-state index contributed by atoms with van der Waals surface area (Å²) in [5, 5.41) is 9.63. The first-order valence-electron chi connectivity index (χ1n) is 3.23. The molecule has 4 nitrogen and oxygen atoms in total. The summed E-state index contributed by atoms with van der Waals surface area (Å²) in [7, 11) is 0. The van der Waals surface area contributed by atoms with E-state index < -0.39 is 24.1 Å². The molecule has 0 aromatic carbocycles. The maximum Gasteiger partial charge on any atom is 0.411 e. The lowest BCUT2D eigenvalue weighted by Crippen LogP contribution is -2.55. The van der Waals surface area contributed by atoms with E-state index in [1.807, 2.05) is 0 Å². The number of nitrogens with one attached hydrogen (secondary N) is 1. The normalized spacial score (nSPS) is 16.0. The molecule has 0 fully saturated rings. The van der Waals surface area contributed by atoms with E-state index in [2.05, 4.69) is 0 Å². The molecule has 13 heavy (non-hydrogen) atoms. The van der Waals surface area contributed by atoms with Crippen molar-refractivity contribution in [1.29, 1.82) is 0 Å². The molecule has 76 valence electrons. The fraction of sp³-hybridized carbons (Fsp3) is 0.667. The lowest BCUT2D eigenvalue weighted by molar-refractivity contribution is -0.197. The first kappa shape index (κ1) is 11.7. The van der Waals surface area contributed by atoms with Crippen LogP contribution in [0.4, 0.5) is 13.2 Å². The zero-order valence-corrected chi connectivity index (χ0v) is 6.68. The van der Waals surface area contributed by atoms with Crippen LogP contribution in [0, 0.1) is 0 Å². The zero-order valence-electron chi connectivity index (χ0n) is 6.68. The number of aliphatic carboxylic acids is 1. The number of amides is 1. The smallest absolute Gasteiger partial charge is 0.411 e. The Morgan fingerprint density at radius 2 is 2.00 bits per heavy atom. The van der Waals surface area contributed by atoms with Gasteiger partial charge in [0.25, 0.3) is 0 Å². The van der Waals surface area contributed by atoms with Crippen molar-refractivity contribution in [2.75, 3.05) is 0 Å². The van der Waals surface area contributed by atoms with Gasteiger partial charge in [-0.1, -0.05) is 0 Å². The van der Waals surface area contributed by atoms with Crippen molar-refractivity contribution >= 4 is 12.4 Å². The van der Waals surface area contributed by atoms with Gasteiger partial charge in [0.15, 0.2) is 0 Å². The minimum atomic E-state index is -4.79. The van der Waals surface area contributed by atoms with E-state index in [0.717, 1.165) is 0 Å². The van der Waals surface area contributed by atoms with Gasteiger partial charge in [-0.05, 0) is 6.92 Å². The van der Waals surface area contributed by atoms with Crippen LogP contribution in [0.25, 0.3) is 0 Å². The molecule has 0 aromatic heterocycles. The van der Waals surface area contributed by atoms with E-state index in [0.29, 0.717) is 6.92 Å². The maximum absolute atomic E-state index is 12.2. The van der Waals surface area contributed by atoms with Crippen LogP contribution in [0.3, 0.4) is 0 Å². The van der Waals surface area contributed by atoms with Gasteiger partial charge in [0.05, 0.1) is 6.42 Å². The number of hydrogen-bond acceptors (Lipinski definition) is 2. The van der Waals surface area contributed by atoms with Gasteiger partial charge in [0, 0.05) is 0 Å². The van der Waals surface area contributed by atoms with Crippen molar-refractivity contribution in [3.05, 3.63) is 0 Å². The number of hydrogen-bond donors (Lipinski definition) is 2. The van der Waals surface area contributed by atoms with E-state index in [9.17, 15) is 22.8 Å². The summed E-state index contributed by atoms with van der Waals surface area (Å²) < 4.78 is 36.5. The average molecular weight is 199 g/mol. The summed E-state index contributed by atoms with van der Waals surface area (Å²) in [5.41, 5.74) is -2.71. The van der Waals surface area contributed by atoms with Gasteiger partial charge in [0.2, 0.25) is 6.41 Å². The third-order valence-electron chi connectivity index (χ3n) is 1.51. The number of carboxylic acids is 1. The van der Waals surface area contributed by atoms with E-state index in [4.69, 9.17) is 5.11 Å². The molecule has 2 N–H and O–H groups in total. The van der Waals surface area contributed by atoms with Crippen LogP contribution in [0.1, 0.15) is 13.3 Å². The molecule has 0 bridgehead atoms. The third kappa shape index (κ3) is 2.92. The minimum absolute atomic E-state index is 0.170. The summed E-state index contributed by atoms with van der Waals surface area (Å²) in [6, 6.07) is 0. The molecule has 0 aliphatic carbocycles. The average Bonchev–Trinajstić information content (AvgIpc) is 1.82. The third-order valence-corrected chi connectivity index (χ3v) is 1.51. The SMILES string of the molecule is CC(CC(=O)O)(NC=O)C(F)(F)F. The van der Waals surface area contributed by atoms with E-state index in [1.165, 1.54) is 5.32 Å². The Labute approximate surface area is 71.7 Å². The van der Waals surface area contributed by atoms with Gasteiger partial charge >= 0.3 is 12.1 Å². The van der Waals surface area contributed by atoms with Crippen molar-refractivity contribution in [2.45, 2.75) is 25.1 Å². The van der Waals surface area contributed by atoms with Crippen molar-refractivity contribution in [3.8, 4) is 0 Å². The van der Waals surface area contributed by atoms with Gasteiger partial charge in [-0.15, -0.1) is 0 Å². The second kappa shape index (κ2) is 3.63. The van der Waals surface area contributed by atoms with Crippen LogP contribution >= 0.6 is 0 Å². The summed E-state index contributed by atoms with van der Waals surface area (Å²) in [6.45, 7) is 0.607. The van der Waals surface area contributed by atoms with Crippen LogP contribution in [0.2, 0.25) is 0 Å². The highest BCUT2D eigenvalue weighted by Crippen LogP contribution is 2.32. The number of alkyl halides is 3. The summed E-state index contributed by atoms with van der Waals surface area (Å²) in [6.07, 6.45) is -6.15. The molecule has 0 rings (SSSR count). The molecule has 0 spiro atoms. The molecule has 1 atom stereocenters. The predicted octanol–water partition coefficient (Wildman–Crippen LogP) is 0.528. The quantitative estimate of drug-likeness (QED) is 0.649. The highest BCUT2D eigenvalue weighted by molar-refractivity contribution is 5.69. The molecule has 0 heterocycles. The maximum atomic E-state index is 12.2. The second-order valence-electron chi connectivity index (χ2n) is 2.66. The Hall–Kier alpha value is -1.27. The molecular formula is C6H8F3NO3. The largest absolute Gasteiger partial charge is 0.481 e. The molecule has 7 heteroatoms. The molecule has 1 amide bonds. The number of carboxylic acid groups (broad SMARTS) is 1. The number of halogens is 3. The van der Waals surface area contributed by atoms with Gasteiger partial charge in [-0.25, -0.2) is 0 Å². The lowest BCUT2D eigenvalue weighted by Gasteiger charge is -2.29. The molecule has 0 radical (unpaired) electrons. The molecule has 0 aromatic rings. The Bertz CT molecular complexity index is 216. The van der Waals surface area contributed by atoms with Crippen molar-refractivity contribution < 1.29 is 27.9 Å². The molecule has 0 aliphatic heterocycles. The van der Waals surface area contributed by atoms with Crippen molar-refractivity contribution in [3.63, 3.8) is 0 Å². The van der Waals surface area contributed by atoms with Crippen LogP contribution < -0.4 is 5.32 Å². The Morgan fingerprint density at radius 3 is 2.23 bits per heavy atom. The van der Waals surface area contributed by atoms with Gasteiger partial charge < -0.3 is 10.4 Å². The van der Waals surface area contributed by atoms with Crippen molar-refractivity contribution in [1.82, 2.24) is 5.32 Å². The topological polar surface area (TPSA) is 66.4 Å². The van der Waals surface area contributed by atoms with Gasteiger partial charge in [-0.3, -0.25) is 9.59 Å². The fourth-order valence-electron chi connectivity index (χ4n) is 0.666. The monoisotopic (exact) mass is 199 g/mol. The highest BCUT2D eigenvalue weighted by Gasteiger charge is 2.52. The number of rotatable bonds is 4. The predicted molar refractivity (Wildman–Crippen MR) is 35.9 cm³/mol. The van der Waals surface area contributed by atoms with Crippen molar-refractivity contribution in [2.24, 2.45) is 0 Å². The Morgan fingerprint density at radius 1 is 1.54 bits per heavy atom. The summed E-state index contributed by atoms with van der Waals surface area (Å²) in [5.74, 6) is -1.63. The van der Waals surface area contributed by atoms with Gasteiger partial charge in [-0.2, -0.15) is 13.2 Å². The summed E-state index contributed by atoms with van der Waals surface area (Å²) >= 11 is 0. The number of carbonyl (C=O) groups excluding carboxylic acids is 1. The molecular weight excluding hydrogens is 191 g/mol. The standard InChI is InChI=1S/C6H8F3NO3/c1-5(10-3-11,2-4(12)13)6(7,8)9/h3H,2H2,1H3,(H,10,11)(H,12,13).